The highest BCUT2D eigenvalue weighted by Gasteiger charge is 2.47. The van der Waals surface area contributed by atoms with Gasteiger partial charge in [-0.05, 0) is 31.1 Å². The standard InChI is InChI=1S/C15H12O2/c16-14-10-3-1-2-4-11(10)15(17)13-9-6-5-8(7-9)12(13)14/h1-4,8-9H,5-7H2/t8-,9-/m1/s1. The third-order valence-corrected chi connectivity index (χ3v) is 4.44. The SMILES string of the molecule is O=C1C2=C(C(=O)c3ccccc31)[C@@H]1CC[C@@H]2C1. The molecule has 0 heterocycles. The van der Waals surface area contributed by atoms with Crippen LogP contribution in [0.1, 0.15) is 40.0 Å². The van der Waals surface area contributed by atoms with Gasteiger partial charge < -0.3 is 0 Å². The molecule has 2 atom stereocenters. The average molecular weight is 224 g/mol. The van der Waals surface area contributed by atoms with Gasteiger partial charge >= 0.3 is 0 Å². The Hall–Kier alpha value is -1.70. The fourth-order valence-corrected chi connectivity index (χ4v) is 3.73. The molecule has 0 aromatic heterocycles. The first kappa shape index (κ1) is 9.34. The van der Waals surface area contributed by atoms with Crippen LogP contribution in [0, 0.1) is 11.8 Å². The largest absolute Gasteiger partial charge is 0.289 e. The zero-order valence-corrected chi connectivity index (χ0v) is 9.40. The van der Waals surface area contributed by atoms with Gasteiger partial charge in [-0.3, -0.25) is 9.59 Å². The van der Waals surface area contributed by atoms with Gasteiger partial charge in [0.15, 0.2) is 11.6 Å². The zero-order valence-electron chi connectivity index (χ0n) is 9.40. The maximum Gasteiger partial charge on any atom is 0.190 e. The van der Waals surface area contributed by atoms with Crippen molar-refractivity contribution in [2.24, 2.45) is 11.8 Å². The number of carbonyl (C=O) groups excluding carboxylic acids is 2. The molecule has 2 nitrogen and oxygen atoms in total. The second-order valence-corrected chi connectivity index (χ2v) is 5.24. The predicted octanol–water partition coefficient (Wildman–Crippen LogP) is 2.79. The van der Waals surface area contributed by atoms with E-state index in [1.165, 1.54) is 0 Å². The van der Waals surface area contributed by atoms with Crippen LogP contribution in [0.25, 0.3) is 0 Å². The molecule has 0 N–H and O–H groups in total. The van der Waals surface area contributed by atoms with Gasteiger partial charge in [0, 0.05) is 22.3 Å². The number of benzene rings is 1. The minimum Gasteiger partial charge on any atom is -0.289 e. The van der Waals surface area contributed by atoms with Gasteiger partial charge in [0.1, 0.15) is 0 Å². The van der Waals surface area contributed by atoms with Crippen molar-refractivity contribution < 1.29 is 9.59 Å². The van der Waals surface area contributed by atoms with Crippen molar-refractivity contribution in [2.75, 3.05) is 0 Å². The van der Waals surface area contributed by atoms with Crippen LogP contribution in [0.2, 0.25) is 0 Å². The number of Topliss-reactive ketones (excluding diaryl/α,β-unsaturated/α-hetero) is 2. The van der Waals surface area contributed by atoms with Crippen LogP contribution in [0.15, 0.2) is 35.4 Å². The summed E-state index contributed by atoms with van der Waals surface area (Å²) in [7, 11) is 0. The molecule has 3 aliphatic rings. The first-order chi connectivity index (χ1) is 8.27. The number of hydrogen-bond acceptors (Lipinski definition) is 2. The van der Waals surface area contributed by atoms with Crippen LogP contribution in [0.5, 0.6) is 0 Å². The maximum atomic E-state index is 12.4. The molecule has 3 aliphatic carbocycles. The van der Waals surface area contributed by atoms with Crippen molar-refractivity contribution in [3.05, 3.63) is 46.5 Å². The Kier molecular flexibility index (Phi) is 1.62. The molecule has 17 heavy (non-hydrogen) atoms. The molecule has 0 spiro atoms. The molecule has 1 saturated carbocycles. The van der Waals surface area contributed by atoms with E-state index in [0.717, 1.165) is 30.4 Å². The molecule has 0 unspecified atom stereocenters. The van der Waals surface area contributed by atoms with Crippen LogP contribution >= 0.6 is 0 Å². The summed E-state index contributed by atoms with van der Waals surface area (Å²) in [5, 5.41) is 0. The molecule has 1 aromatic rings. The van der Waals surface area contributed by atoms with Gasteiger partial charge in [-0.15, -0.1) is 0 Å². The summed E-state index contributed by atoms with van der Waals surface area (Å²) >= 11 is 0. The Morgan fingerprint density at radius 2 is 1.29 bits per heavy atom. The molecule has 0 aliphatic heterocycles. The third kappa shape index (κ3) is 1.01. The molecule has 4 rings (SSSR count). The summed E-state index contributed by atoms with van der Waals surface area (Å²) < 4.78 is 0. The topological polar surface area (TPSA) is 34.1 Å². The zero-order chi connectivity index (χ0) is 11.6. The molecule has 0 radical (unpaired) electrons. The fourth-order valence-electron chi connectivity index (χ4n) is 3.73. The lowest BCUT2D eigenvalue weighted by Gasteiger charge is -2.23. The smallest absolute Gasteiger partial charge is 0.190 e. The van der Waals surface area contributed by atoms with Crippen molar-refractivity contribution in [3.8, 4) is 0 Å². The molecule has 84 valence electrons. The molecule has 0 amide bonds. The third-order valence-electron chi connectivity index (χ3n) is 4.44. The normalized spacial score (nSPS) is 29.6. The van der Waals surface area contributed by atoms with Crippen LogP contribution in [-0.4, -0.2) is 11.6 Å². The number of carbonyl (C=O) groups is 2. The quantitative estimate of drug-likeness (QED) is 0.679. The predicted molar refractivity (Wildman–Crippen MR) is 63.0 cm³/mol. The van der Waals surface area contributed by atoms with Gasteiger partial charge in [-0.2, -0.15) is 0 Å². The van der Waals surface area contributed by atoms with Gasteiger partial charge in [-0.25, -0.2) is 0 Å². The molecule has 2 bridgehead atoms. The van der Waals surface area contributed by atoms with E-state index in [9.17, 15) is 9.59 Å². The number of fused-ring (bicyclic) bond motifs is 5. The highest BCUT2D eigenvalue weighted by Crippen LogP contribution is 2.52. The minimum absolute atomic E-state index is 0.113. The fraction of sp³-hybridized carbons (Fsp3) is 0.333. The molecule has 0 saturated heterocycles. The van der Waals surface area contributed by atoms with E-state index in [2.05, 4.69) is 0 Å². The summed E-state index contributed by atoms with van der Waals surface area (Å²) in [6, 6.07) is 7.24. The first-order valence-corrected chi connectivity index (χ1v) is 6.20. The lowest BCUT2D eigenvalue weighted by Crippen LogP contribution is -2.25. The van der Waals surface area contributed by atoms with Gasteiger partial charge in [0.2, 0.25) is 0 Å². The van der Waals surface area contributed by atoms with Gasteiger partial charge in [-0.1, -0.05) is 24.3 Å². The summed E-state index contributed by atoms with van der Waals surface area (Å²) in [6.07, 6.45) is 3.20. The van der Waals surface area contributed by atoms with Crippen LogP contribution < -0.4 is 0 Å². The van der Waals surface area contributed by atoms with Crippen molar-refractivity contribution in [1.29, 1.82) is 0 Å². The highest BCUT2D eigenvalue weighted by atomic mass is 16.1. The van der Waals surface area contributed by atoms with E-state index in [-0.39, 0.29) is 11.6 Å². The number of rotatable bonds is 0. The second kappa shape index (κ2) is 2.95. The Morgan fingerprint density at radius 1 is 0.824 bits per heavy atom. The molecular formula is C15H12O2. The first-order valence-electron chi connectivity index (χ1n) is 6.20. The number of allylic oxidation sites excluding steroid dienone is 2. The molecule has 2 heteroatoms. The number of ketones is 2. The van der Waals surface area contributed by atoms with Crippen LogP contribution in [0.4, 0.5) is 0 Å². The Morgan fingerprint density at radius 3 is 1.76 bits per heavy atom. The summed E-state index contributed by atoms with van der Waals surface area (Å²) in [6.45, 7) is 0. The monoisotopic (exact) mass is 224 g/mol. The summed E-state index contributed by atoms with van der Waals surface area (Å²) in [4.78, 5) is 24.8. The van der Waals surface area contributed by atoms with Crippen molar-refractivity contribution >= 4 is 11.6 Å². The molecule has 1 fully saturated rings. The van der Waals surface area contributed by atoms with E-state index in [1.807, 2.05) is 12.1 Å². The Bertz CT molecular complexity index is 544. The summed E-state index contributed by atoms with van der Waals surface area (Å²) in [5.41, 5.74) is 2.93. The molecule has 1 aromatic carbocycles. The van der Waals surface area contributed by atoms with Gasteiger partial charge in [0.05, 0.1) is 0 Å². The van der Waals surface area contributed by atoms with Crippen molar-refractivity contribution in [2.45, 2.75) is 19.3 Å². The Balaban J connectivity index is 1.99. The van der Waals surface area contributed by atoms with Crippen molar-refractivity contribution in [1.82, 2.24) is 0 Å². The van der Waals surface area contributed by atoms with Gasteiger partial charge in [0.25, 0.3) is 0 Å². The maximum absolute atomic E-state index is 12.4. The lowest BCUT2D eigenvalue weighted by molar-refractivity contribution is 0.0963. The van der Waals surface area contributed by atoms with E-state index >= 15 is 0 Å². The van der Waals surface area contributed by atoms with E-state index in [4.69, 9.17) is 0 Å². The van der Waals surface area contributed by atoms with E-state index < -0.39 is 0 Å². The molecular weight excluding hydrogens is 212 g/mol. The van der Waals surface area contributed by atoms with Crippen LogP contribution in [-0.2, 0) is 0 Å². The Labute approximate surface area is 99.3 Å². The van der Waals surface area contributed by atoms with Crippen LogP contribution in [0.3, 0.4) is 0 Å². The lowest BCUT2D eigenvalue weighted by atomic mass is 9.77. The highest BCUT2D eigenvalue weighted by molar-refractivity contribution is 6.27. The number of hydrogen-bond donors (Lipinski definition) is 0. The minimum atomic E-state index is 0.113. The average Bonchev–Trinajstić information content (AvgIpc) is 2.96. The van der Waals surface area contributed by atoms with E-state index in [1.54, 1.807) is 12.1 Å². The van der Waals surface area contributed by atoms with E-state index in [0.29, 0.717) is 23.0 Å². The van der Waals surface area contributed by atoms with Crippen molar-refractivity contribution in [3.63, 3.8) is 0 Å². The summed E-state index contributed by atoms with van der Waals surface area (Å²) in [5.74, 6) is 0.949. The second-order valence-electron chi connectivity index (χ2n) is 5.24.